The molecular weight excluding hydrogens is 204 g/mol. The van der Waals surface area contributed by atoms with Gasteiger partial charge in [-0.05, 0) is 12.8 Å². The van der Waals surface area contributed by atoms with Crippen molar-refractivity contribution in [1.82, 2.24) is 10.1 Å². The Morgan fingerprint density at radius 1 is 1.57 bits per heavy atom. The second-order valence-corrected chi connectivity index (χ2v) is 3.55. The first kappa shape index (κ1) is 11.5. The fraction of sp³-hybridized carbons (Fsp3) is 0.778. The van der Waals surface area contributed by atoms with Crippen LogP contribution in [-0.2, 0) is 11.2 Å². The average Bonchev–Trinajstić information content (AvgIpc) is 2.66. The normalized spacial score (nSPS) is 13.1. The minimum atomic E-state index is -0.144. The van der Waals surface area contributed by atoms with Crippen LogP contribution >= 0.6 is 11.6 Å². The second kappa shape index (κ2) is 5.98. The minimum Gasteiger partial charge on any atom is -0.385 e. The molecule has 0 fully saturated rings. The van der Waals surface area contributed by atoms with Crippen LogP contribution in [-0.4, -0.2) is 23.9 Å². The number of hydrogen-bond donors (Lipinski definition) is 0. The number of aromatic nitrogens is 2. The molecule has 0 amide bonds. The van der Waals surface area contributed by atoms with Gasteiger partial charge in [0.2, 0.25) is 5.89 Å². The molecule has 0 aliphatic heterocycles. The van der Waals surface area contributed by atoms with Crippen molar-refractivity contribution in [2.75, 3.05) is 13.7 Å². The zero-order valence-corrected chi connectivity index (χ0v) is 9.25. The fourth-order valence-corrected chi connectivity index (χ4v) is 1.14. The van der Waals surface area contributed by atoms with Gasteiger partial charge in [-0.15, -0.1) is 11.6 Å². The van der Waals surface area contributed by atoms with E-state index in [1.807, 2.05) is 6.92 Å². The Bertz CT molecular complexity index is 265. The number of halogens is 1. The maximum atomic E-state index is 5.96. The summed E-state index contributed by atoms with van der Waals surface area (Å²) in [6, 6.07) is 0. The van der Waals surface area contributed by atoms with Gasteiger partial charge in [0.05, 0.1) is 5.38 Å². The molecule has 1 unspecified atom stereocenters. The van der Waals surface area contributed by atoms with Crippen LogP contribution in [0.3, 0.4) is 0 Å². The van der Waals surface area contributed by atoms with Crippen molar-refractivity contribution >= 4 is 11.6 Å². The van der Waals surface area contributed by atoms with Crippen LogP contribution in [0.15, 0.2) is 4.52 Å². The SMILES string of the molecule is CCC(Cl)c1noc(CCCOC)n1. The summed E-state index contributed by atoms with van der Waals surface area (Å²) in [5.41, 5.74) is 0. The van der Waals surface area contributed by atoms with Crippen molar-refractivity contribution in [3.8, 4) is 0 Å². The van der Waals surface area contributed by atoms with Gasteiger partial charge in [-0.25, -0.2) is 0 Å². The van der Waals surface area contributed by atoms with Gasteiger partial charge in [-0.2, -0.15) is 4.98 Å². The smallest absolute Gasteiger partial charge is 0.226 e. The van der Waals surface area contributed by atoms with E-state index in [2.05, 4.69) is 10.1 Å². The largest absolute Gasteiger partial charge is 0.385 e. The topological polar surface area (TPSA) is 48.2 Å². The van der Waals surface area contributed by atoms with E-state index in [-0.39, 0.29) is 5.38 Å². The predicted molar refractivity (Wildman–Crippen MR) is 53.4 cm³/mol. The van der Waals surface area contributed by atoms with Crippen LogP contribution in [0.4, 0.5) is 0 Å². The van der Waals surface area contributed by atoms with Crippen molar-refractivity contribution in [3.05, 3.63) is 11.7 Å². The summed E-state index contributed by atoms with van der Waals surface area (Å²) < 4.78 is 9.96. The number of methoxy groups -OCH3 is 1. The second-order valence-electron chi connectivity index (χ2n) is 3.02. The lowest BCUT2D eigenvalue weighted by Crippen LogP contribution is -1.94. The van der Waals surface area contributed by atoms with E-state index < -0.39 is 0 Å². The van der Waals surface area contributed by atoms with Crippen LogP contribution in [0.2, 0.25) is 0 Å². The molecule has 0 aliphatic rings. The molecule has 1 aromatic heterocycles. The molecular formula is C9H15ClN2O2. The summed E-state index contributed by atoms with van der Waals surface area (Å²) in [4.78, 5) is 4.19. The van der Waals surface area contributed by atoms with Gasteiger partial charge in [0, 0.05) is 20.1 Å². The Morgan fingerprint density at radius 2 is 2.36 bits per heavy atom. The van der Waals surface area contributed by atoms with Crippen LogP contribution in [0.5, 0.6) is 0 Å². The maximum Gasteiger partial charge on any atom is 0.226 e. The molecule has 80 valence electrons. The summed E-state index contributed by atoms with van der Waals surface area (Å²) in [5, 5.41) is 3.66. The first-order chi connectivity index (χ1) is 6.77. The number of nitrogens with zero attached hydrogens (tertiary/aromatic N) is 2. The van der Waals surface area contributed by atoms with Gasteiger partial charge in [-0.3, -0.25) is 0 Å². The van der Waals surface area contributed by atoms with Crippen molar-refractivity contribution in [2.24, 2.45) is 0 Å². The molecule has 0 saturated carbocycles. The highest BCUT2D eigenvalue weighted by Gasteiger charge is 2.13. The van der Waals surface area contributed by atoms with E-state index in [9.17, 15) is 0 Å². The monoisotopic (exact) mass is 218 g/mol. The molecule has 4 nitrogen and oxygen atoms in total. The molecule has 0 aliphatic carbocycles. The summed E-state index contributed by atoms with van der Waals surface area (Å²) in [6.07, 6.45) is 2.43. The molecule has 1 rings (SSSR count). The number of hydrogen-bond acceptors (Lipinski definition) is 4. The van der Waals surface area contributed by atoms with E-state index in [1.165, 1.54) is 0 Å². The average molecular weight is 219 g/mol. The Labute approximate surface area is 88.6 Å². The number of aryl methyl sites for hydroxylation is 1. The van der Waals surface area contributed by atoms with E-state index >= 15 is 0 Å². The lowest BCUT2D eigenvalue weighted by molar-refractivity contribution is 0.192. The molecule has 14 heavy (non-hydrogen) atoms. The van der Waals surface area contributed by atoms with E-state index in [1.54, 1.807) is 7.11 Å². The number of rotatable bonds is 6. The zero-order valence-electron chi connectivity index (χ0n) is 8.49. The van der Waals surface area contributed by atoms with E-state index in [4.69, 9.17) is 20.9 Å². The first-order valence-electron chi connectivity index (χ1n) is 4.73. The first-order valence-corrected chi connectivity index (χ1v) is 5.17. The molecule has 1 atom stereocenters. The summed E-state index contributed by atoms with van der Waals surface area (Å²) >= 11 is 5.96. The van der Waals surface area contributed by atoms with Crippen molar-refractivity contribution in [1.29, 1.82) is 0 Å². The fourth-order valence-electron chi connectivity index (χ4n) is 1.05. The molecule has 0 bridgehead atoms. The summed E-state index contributed by atoms with van der Waals surface area (Å²) in [7, 11) is 1.67. The quantitative estimate of drug-likeness (QED) is 0.543. The van der Waals surface area contributed by atoms with E-state index in [0.29, 0.717) is 18.3 Å². The number of alkyl halides is 1. The molecule has 0 aromatic carbocycles. The van der Waals surface area contributed by atoms with Gasteiger partial charge in [-0.1, -0.05) is 12.1 Å². The van der Waals surface area contributed by atoms with Gasteiger partial charge in [0.15, 0.2) is 5.82 Å². The predicted octanol–water partition coefficient (Wildman–Crippen LogP) is 2.34. The Morgan fingerprint density at radius 3 is 3.00 bits per heavy atom. The Balaban J connectivity index is 2.42. The zero-order chi connectivity index (χ0) is 10.4. The highest BCUT2D eigenvalue weighted by molar-refractivity contribution is 6.20. The van der Waals surface area contributed by atoms with Crippen LogP contribution in [0, 0.1) is 0 Å². The highest BCUT2D eigenvalue weighted by atomic mass is 35.5. The highest BCUT2D eigenvalue weighted by Crippen LogP contribution is 2.20. The molecule has 0 saturated heterocycles. The van der Waals surface area contributed by atoms with Crippen molar-refractivity contribution < 1.29 is 9.26 Å². The molecule has 0 N–H and O–H groups in total. The lowest BCUT2D eigenvalue weighted by atomic mass is 10.3. The van der Waals surface area contributed by atoms with Gasteiger partial charge in [0.1, 0.15) is 0 Å². The third kappa shape index (κ3) is 3.27. The number of ether oxygens (including phenoxy) is 1. The van der Waals surface area contributed by atoms with Crippen molar-refractivity contribution in [2.45, 2.75) is 31.6 Å². The molecule has 0 spiro atoms. The van der Waals surface area contributed by atoms with Crippen LogP contribution < -0.4 is 0 Å². The molecule has 1 heterocycles. The molecule has 5 heteroatoms. The van der Waals surface area contributed by atoms with Gasteiger partial charge in [0.25, 0.3) is 0 Å². The molecule has 1 aromatic rings. The maximum absolute atomic E-state index is 5.96. The lowest BCUT2D eigenvalue weighted by Gasteiger charge is -1.96. The van der Waals surface area contributed by atoms with Crippen LogP contribution in [0.1, 0.15) is 36.9 Å². The third-order valence-electron chi connectivity index (χ3n) is 1.86. The Kier molecular flexibility index (Phi) is 4.90. The minimum absolute atomic E-state index is 0.144. The Hall–Kier alpha value is -0.610. The molecule has 0 radical (unpaired) electrons. The third-order valence-corrected chi connectivity index (χ3v) is 2.37. The standard InChI is InChI=1S/C9H15ClN2O2/c1-3-7(10)9-11-8(14-12-9)5-4-6-13-2/h7H,3-6H2,1-2H3. The van der Waals surface area contributed by atoms with Gasteiger partial charge < -0.3 is 9.26 Å². The van der Waals surface area contributed by atoms with E-state index in [0.717, 1.165) is 19.3 Å². The van der Waals surface area contributed by atoms with Crippen LogP contribution in [0.25, 0.3) is 0 Å². The summed E-state index contributed by atoms with van der Waals surface area (Å²) in [6.45, 7) is 2.69. The van der Waals surface area contributed by atoms with Gasteiger partial charge >= 0.3 is 0 Å². The van der Waals surface area contributed by atoms with Crippen molar-refractivity contribution in [3.63, 3.8) is 0 Å². The summed E-state index contributed by atoms with van der Waals surface area (Å²) in [5.74, 6) is 1.22.